The Labute approximate surface area is 140 Å². The molecule has 6 nitrogen and oxygen atoms in total. The summed E-state index contributed by atoms with van der Waals surface area (Å²) >= 11 is 0. The molecule has 0 aromatic heterocycles. The number of rotatable bonds is 6. The number of benzene rings is 2. The van der Waals surface area contributed by atoms with Gasteiger partial charge in [0.25, 0.3) is 5.91 Å². The first-order chi connectivity index (χ1) is 11.7. The lowest BCUT2D eigenvalue weighted by Gasteiger charge is -2.20. The zero-order valence-electron chi connectivity index (χ0n) is 13.1. The Morgan fingerprint density at radius 2 is 1.88 bits per heavy atom. The van der Waals surface area contributed by atoms with Gasteiger partial charge in [0.05, 0.1) is 24.8 Å². The molecule has 0 aliphatic carbocycles. The van der Waals surface area contributed by atoms with Gasteiger partial charge in [-0.05, 0) is 24.3 Å². The highest BCUT2D eigenvalue weighted by molar-refractivity contribution is 5.94. The van der Waals surface area contributed by atoms with Crippen molar-refractivity contribution in [3.05, 3.63) is 54.1 Å². The zero-order chi connectivity index (χ0) is 17.4. The summed E-state index contributed by atoms with van der Waals surface area (Å²) in [4.78, 5) is 13.7. The van der Waals surface area contributed by atoms with Crippen LogP contribution in [0.25, 0.3) is 0 Å². The fourth-order valence-corrected chi connectivity index (χ4v) is 2.08. The Morgan fingerprint density at radius 1 is 1.12 bits per heavy atom. The van der Waals surface area contributed by atoms with Crippen LogP contribution in [0.2, 0.25) is 0 Å². The lowest BCUT2D eigenvalue weighted by molar-refractivity contribution is -0.120. The first-order valence-electron chi connectivity index (χ1n) is 7.13. The second kappa shape index (κ2) is 8.21. The Morgan fingerprint density at radius 3 is 2.50 bits per heavy atom. The average Bonchev–Trinajstić information content (AvgIpc) is 2.64. The van der Waals surface area contributed by atoms with Gasteiger partial charge >= 0.3 is 0 Å². The van der Waals surface area contributed by atoms with Crippen molar-refractivity contribution in [1.82, 2.24) is 0 Å². The van der Waals surface area contributed by atoms with E-state index in [-0.39, 0.29) is 19.1 Å². The minimum Gasteiger partial charge on any atom is -0.493 e. The molecule has 0 atom stereocenters. The third kappa shape index (κ3) is 4.02. The highest BCUT2D eigenvalue weighted by Gasteiger charge is 2.17. The fraction of sp³-hybridized carbons (Fsp3) is 0.167. The summed E-state index contributed by atoms with van der Waals surface area (Å²) in [6.07, 6.45) is 0. The van der Waals surface area contributed by atoms with Crippen molar-refractivity contribution in [2.24, 2.45) is 0 Å². The SMILES string of the molecule is COc1cc(C#N)ccc1OCC(=O)N(CC#N)c1ccccc1. The van der Waals surface area contributed by atoms with Gasteiger partial charge in [-0.25, -0.2) is 0 Å². The minimum absolute atomic E-state index is 0.0727. The smallest absolute Gasteiger partial charge is 0.265 e. The van der Waals surface area contributed by atoms with E-state index in [0.717, 1.165) is 0 Å². The molecule has 0 fully saturated rings. The molecule has 120 valence electrons. The number of anilines is 1. The highest BCUT2D eigenvalue weighted by Crippen LogP contribution is 2.28. The van der Waals surface area contributed by atoms with Gasteiger partial charge in [-0.1, -0.05) is 18.2 Å². The summed E-state index contributed by atoms with van der Waals surface area (Å²) in [5.41, 5.74) is 1.06. The van der Waals surface area contributed by atoms with Crippen LogP contribution in [0.1, 0.15) is 5.56 Å². The predicted octanol–water partition coefficient (Wildman–Crippen LogP) is 2.50. The van der Waals surface area contributed by atoms with Gasteiger partial charge in [-0.2, -0.15) is 10.5 Å². The number of carbonyl (C=O) groups is 1. The Kier molecular flexibility index (Phi) is 5.76. The molecule has 2 aromatic rings. The summed E-state index contributed by atoms with van der Waals surface area (Å²) in [7, 11) is 1.46. The predicted molar refractivity (Wildman–Crippen MR) is 87.6 cm³/mol. The summed E-state index contributed by atoms with van der Waals surface area (Å²) in [6.45, 7) is -0.324. The first-order valence-corrected chi connectivity index (χ1v) is 7.13. The summed E-state index contributed by atoms with van der Waals surface area (Å²) < 4.78 is 10.7. The van der Waals surface area contributed by atoms with Gasteiger partial charge in [-0.15, -0.1) is 0 Å². The van der Waals surface area contributed by atoms with Gasteiger partial charge in [0.15, 0.2) is 18.1 Å². The van der Waals surface area contributed by atoms with Crippen LogP contribution in [0.4, 0.5) is 5.69 Å². The largest absolute Gasteiger partial charge is 0.493 e. The van der Waals surface area contributed by atoms with Crippen molar-refractivity contribution in [1.29, 1.82) is 10.5 Å². The van der Waals surface area contributed by atoms with Crippen LogP contribution < -0.4 is 14.4 Å². The number of methoxy groups -OCH3 is 1. The van der Waals surface area contributed by atoms with E-state index in [1.165, 1.54) is 18.1 Å². The summed E-state index contributed by atoms with van der Waals surface area (Å²) in [5.74, 6) is 0.373. The molecule has 2 rings (SSSR count). The molecule has 24 heavy (non-hydrogen) atoms. The van der Waals surface area contributed by atoms with Crippen molar-refractivity contribution in [2.45, 2.75) is 0 Å². The normalized spacial score (nSPS) is 9.46. The number of amides is 1. The van der Waals surface area contributed by atoms with E-state index in [1.807, 2.05) is 18.2 Å². The maximum atomic E-state index is 12.4. The number of hydrogen-bond donors (Lipinski definition) is 0. The first kappa shape index (κ1) is 16.9. The molecule has 0 aliphatic rings. The molecule has 2 aromatic carbocycles. The second-order valence-corrected chi connectivity index (χ2v) is 4.74. The number of carbonyl (C=O) groups excluding carboxylic acids is 1. The van der Waals surface area contributed by atoms with Gasteiger partial charge in [0.1, 0.15) is 6.54 Å². The van der Waals surface area contributed by atoms with Crippen LogP contribution in [0.3, 0.4) is 0 Å². The van der Waals surface area contributed by atoms with Gasteiger partial charge in [0, 0.05) is 11.8 Å². The molecule has 0 saturated heterocycles. The van der Waals surface area contributed by atoms with Crippen LogP contribution in [0, 0.1) is 22.7 Å². The van der Waals surface area contributed by atoms with Crippen molar-refractivity contribution >= 4 is 11.6 Å². The van der Waals surface area contributed by atoms with Crippen molar-refractivity contribution in [3.63, 3.8) is 0 Å². The van der Waals surface area contributed by atoms with E-state index >= 15 is 0 Å². The monoisotopic (exact) mass is 321 g/mol. The molecule has 0 bridgehead atoms. The molecule has 1 amide bonds. The van der Waals surface area contributed by atoms with Crippen LogP contribution in [-0.4, -0.2) is 26.2 Å². The lowest BCUT2D eigenvalue weighted by Crippen LogP contribution is -2.35. The van der Waals surface area contributed by atoms with Gasteiger partial charge < -0.3 is 9.47 Å². The lowest BCUT2D eigenvalue weighted by atomic mass is 10.2. The molecule has 0 unspecified atom stereocenters. The molecule has 0 heterocycles. The third-order valence-corrected chi connectivity index (χ3v) is 3.24. The van der Waals surface area contributed by atoms with Gasteiger partial charge in [0.2, 0.25) is 0 Å². The number of nitriles is 2. The highest BCUT2D eigenvalue weighted by atomic mass is 16.5. The number of ether oxygens (including phenoxy) is 2. The number of para-hydroxylation sites is 1. The maximum Gasteiger partial charge on any atom is 0.265 e. The Hall–Kier alpha value is -3.51. The molecule has 0 radical (unpaired) electrons. The molecule has 0 aliphatic heterocycles. The van der Waals surface area contributed by atoms with Crippen LogP contribution in [0.15, 0.2) is 48.5 Å². The molecule has 6 heteroatoms. The van der Waals surface area contributed by atoms with E-state index < -0.39 is 0 Å². The number of hydrogen-bond acceptors (Lipinski definition) is 5. The molecule has 0 saturated carbocycles. The van der Waals surface area contributed by atoms with Crippen molar-refractivity contribution in [2.75, 3.05) is 25.2 Å². The average molecular weight is 321 g/mol. The molecular weight excluding hydrogens is 306 g/mol. The van der Waals surface area contributed by atoms with Gasteiger partial charge in [-0.3, -0.25) is 9.69 Å². The van der Waals surface area contributed by atoms with Crippen LogP contribution in [0.5, 0.6) is 11.5 Å². The van der Waals surface area contributed by atoms with Crippen LogP contribution in [-0.2, 0) is 4.79 Å². The summed E-state index contributed by atoms with van der Waals surface area (Å²) in [6, 6.07) is 17.6. The second-order valence-electron chi connectivity index (χ2n) is 4.74. The number of nitrogens with zero attached hydrogens (tertiary/aromatic N) is 3. The quantitative estimate of drug-likeness (QED) is 0.763. The standard InChI is InChI=1S/C18H15N3O3/c1-23-17-11-14(12-20)7-8-16(17)24-13-18(22)21(10-9-19)15-5-3-2-4-6-15/h2-8,11H,10,13H2,1H3. The van der Waals surface area contributed by atoms with E-state index in [1.54, 1.807) is 36.4 Å². The molecule has 0 N–H and O–H groups in total. The van der Waals surface area contributed by atoms with Crippen molar-refractivity contribution in [3.8, 4) is 23.6 Å². The minimum atomic E-state index is -0.353. The van der Waals surface area contributed by atoms with Crippen molar-refractivity contribution < 1.29 is 14.3 Å². The van der Waals surface area contributed by atoms with Crippen LogP contribution >= 0.6 is 0 Å². The van der Waals surface area contributed by atoms with E-state index in [9.17, 15) is 4.79 Å². The van der Waals surface area contributed by atoms with E-state index in [2.05, 4.69) is 0 Å². The Balaban J connectivity index is 2.12. The maximum absolute atomic E-state index is 12.4. The van der Waals surface area contributed by atoms with E-state index in [4.69, 9.17) is 20.0 Å². The Bertz CT molecular complexity index is 791. The topological polar surface area (TPSA) is 86.3 Å². The fourth-order valence-electron chi connectivity index (χ4n) is 2.08. The molecule has 0 spiro atoms. The summed E-state index contributed by atoms with van der Waals surface area (Å²) in [5, 5.41) is 17.8. The van der Waals surface area contributed by atoms with E-state index in [0.29, 0.717) is 22.7 Å². The molecular formula is C18H15N3O3. The zero-order valence-corrected chi connectivity index (χ0v) is 13.1. The third-order valence-electron chi connectivity index (χ3n) is 3.24.